The second-order valence-corrected chi connectivity index (χ2v) is 6.56. The molecule has 2 aliphatic rings. The Morgan fingerprint density at radius 2 is 2.10 bits per heavy atom. The van der Waals surface area contributed by atoms with Gasteiger partial charge in [0.25, 0.3) is 5.91 Å². The molecule has 1 aromatic heterocycles. The maximum atomic E-state index is 12.6. The monoisotopic (exact) mass is 291 g/mol. The van der Waals surface area contributed by atoms with E-state index in [1.165, 1.54) is 12.8 Å². The van der Waals surface area contributed by atoms with Gasteiger partial charge < -0.3 is 10.2 Å². The maximum absolute atomic E-state index is 12.6. The summed E-state index contributed by atoms with van der Waals surface area (Å²) in [5, 5.41) is 11.7. The van der Waals surface area contributed by atoms with Gasteiger partial charge in [-0.25, -0.2) is 4.68 Å². The van der Waals surface area contributed by atoms with E-state index < -0.39 is 0 Å². The minimum Gasteiger partial charge on any atom is -0.334 e. The quantitative estimate of drug-likeness (QED) is 0.892. The smallest absolute Gasteiger partial charge is 0.276 e. The zero-order valence-electron chi connectivity index (χ0n) is 13.0. The van der Waals surface area contributed by atoms with Crippen LogP contribution in [0.15, 0.2) is 6.20 Å². The maximum Gasteiger partial charge on any atom is 0.276 e. The van der Waals surface area contributed by atoms with E-state index in [1.807, 2.05) is 15.8 Å². The first kappa shape index (κ1) is 14.5. The van der Waals surface area contributed by atoms with Crippen molar-refractivity contribution >= 4 is 5.91 Å². The molecule has 0 bridgehead atoms. The van der Waals surface area contributed by atoms with E-state index in [4.69, 9.17) is 0 Å². The second-order valence-electron chi connectivity index (χ2n) is 6.56. The third-order valence-corrected chi connectivity index (χ3v) is 4.45. The van der Waals surface area contributed by atoms with E-state index in [1.54, 1.807) is 0 Å². The molecule has 0 aromatic carbocycles. The third kappa shape index (κ3) is 3.43. The third-order valence-electron chi connectivity index (χ3n) is 4.45. The van der Waals surface area contributed by atoms with Crippen LogP contribution in [0, 0.1) is 5.92 Å². The summed E-state index contributed by atoms with van der Waals surface area (Å²) >= 11 is 0. The van der Waals surface area contributed by atoms with Gasteiger partial charge in [-0.1, -0.05) is 5.21 Å². The van der Waals surface area contributed by atoms with Crippen LogP contribution in [0.1, 0.15) is 56.1 Å². The van der Waals surface area contributed by atoms with Crippen LogP contribution in [0.5, 0.6) is 0 Å². The highest BCUT2D eigenvalue weighted by Crippen LogP contribution is 2.30. The van der Waals surface area contributed by atoms with Crippen molar-refractivity contribution in [1.82, 2.24) is 25.2 Å². The lowest BCUT2D eigenvalue weighted by molar-refractivity contribution is 0.0690. The number of piperidine rings is 1. The predicted molar refractivity (Wildman–Crippen MR) is 80.1 cm³/mol. The van der Waals surface area contributed by atoms with E-state index in [0.717, 1.165) is 32.5 Å². The van der Waals surface area contributed by atoms with Gasteiger partial charge in [-0.05, 0) is 58.5 Å². The Balaban J connectivity index is 1.69. The number of carbonyl (C=O) groups excluding carboxylic acids is 1. The van der Waals surface area contributed by atoms with Gasteiger partial charge in [0.2, 0.25) is 0 Å². The molecular weight excluding hydrogens is 266 g/mol. The van der Waals surface area contributed by atoms with Gasteiger partial charge in [-0.3, -0.25) is 4.79 Å². The fourth-order valence-electron chi connectivity index (χ4n) is 2.88. The van der Waals surface area contributed by atoms with Crippen LogP contribution in [-0.4, -0.2) is 51.5 Å². The lowest BCUT2D eigenvalue weighted by atomic mass is 10.1. The average molecular weight is 291 g/mol. The van der Waals surface area contributed by atoms with Crippen molar-refractivity contribution in [2.24, 2.45) is 5.92 Å². The molecule has 1 N–H and O–H groups in total. The molecule has 116 valence electrons. The van der Waals surface area contributed by atoms with E-state index in [0.29, 0.717) is 17.7 Å². The number of aromatic nitrogens is 3. The fraction of sp³-hybridized carbons (Fsp3) is 0.800. The van der Waals surface area contributed by atoms with Crippen molar-refractivity contribution in [3.63, 3.8) is 0 Å². The van der Waals surface area contributed by atoms with Crippen molar-refractivity contribution in [3.8, 4) is 0 Å². The molecule has 6 heteroatoms. The molecule has 0 radical (unpaired) electrons. The summed E-state index contributed by atoms with van der Waals surface area (Å²) in [6, 6.07) is 0.582. The van der Waals surface area contributed by atoms with Crippen molar-refractivity contribution < 1.29 is 4.79 Å². The van der Waals surface area contributed by atoms with Gasteiger partial charge in [-0.15, -0.1) is 5.10 Å². The molecule has 6 nitrogen and oxygen atoms in total. The molecule has 0 spiro atoms. The van der Waals surface area contributed by atoms with Crippen LogP contribution in [0.3, 0.4) is 0 Å². The van der Waals surface area contributed by atoms with Crippen LogP contribution >= 0.6 is 0 Å². The Morgan fingerprint density at radius 3 is 2.71 bits per heavy atom. The number of nitrogens with zero attached hydrogens (tertiary/aromatic N) is 4. The number of amides is 1. The molecule has 1 amide bonds. The molecule has 2 fully saturated rings. The summed E-state index contributed by atoms with van der Waals surface area (Å²) in [7, 11) is 0. The van der Waals surface area contributed by atoms with Crippen molar-refractivity contribution in [2.45, 2.75) is 51.6 Å². The Morgan fingerprint density at radius 1 is 1.38 bits per heavy atom. The topological polar surface area (TPSA) is 63.1 Å². The second kappa shape index (κ2) is 6.13. The average Bonchev–Trinajstić information content (AvgIpc) is 3.18. The van der Waals surface area contributed by atoms with Crippen LogP contribution in [0.4, 0.5) is 0 Å². The molecule has 1 aliphatic heterocycles. The molecule has 1 aromatic rings. The van der Waals surface area contributed by atoms with Gasteiger partial charge in [-0.2, -0.15) is 0 Å². The summed E-state index contributed by atoms with van der Waals surface area (Å²) in [4.78, 5) is 14.6. The SMILES string of the molecule is CC(C)N(CC1CC1)C(=O)c1cn(C2CCNCC2)nn1. The van der Waals surface area contributed by atoms with E-state index in [-0.39, 0.29) is 11.9 Å². The minimum atomic E-state index is 0.0251. The molecule has 1 saturated heterocycles. The number of nitrogens with one attached hydrogen (secondary N) is 1. The van der Waals surface area contributed by atoms with Crippen LogP contribution in [0.2, 0.25) is 0 Å². The highest BCUT2D eigenvalue weighted by Gasteiger charge is 2.30. The van der Waals surface area contributed by atoms with Crippen LogP contribution in [0.25, 0.3) is 0 Å². The molecule has 21 heavy (non-hydrogen) atoms. The Kier molecular flexibility index (Phi) is 4.24. The van der Waals surface area contributed by atoms with Crippen molar-refractivity contribution in [1.29, 1.82) is 0 Å². The Bertz CT molecular complexity index is 488. The normalized spacial score (nSPS) is 20.0. The summed E-state index contributed by atoms with van der Waals surface area (Å²) < 4.78 is 1.88. The van der Waals surface area contributed by atoms with Crippen LogP contribution in [-0.2, 0) is 0 Å². The Hall–Kier alpha value is -1.43. The highest BCUT2D eigenvalue weighted by atomic mass is 16.2. The number of carbonyl (C=O) groups is 1. The fourth-order valence-corrected chi connectivity index (χ4v) is 2.88. The predicted octanol–water partition coefficient (Wildman–Crippen LogP) is 1.46. The van der Waals surface area contributed by atoms with E-state index in [2.05, 4.69) is 29.5 Å². The zero-order valence-corrected chi connectivity index (χ0v) is 13.0. The summed E-state index contributed by atoms with van der Waals surface area (Å²) in [5.74, 6) is 0.716. The van der Waals surface area contributed by atoms with Crippen molar-refractivity contribution in [2.75, 3.05) is 19.6 Å². The van der Waals surface area contributed by atoms with Gasteiger partial charge in [0.15, 0.2) is 5.69 Å². The summed E-state index contributed by atoms with van der Waals surface area (Å²) in [6.07, 6.45) is 6.43. The van der Waals surface area contributed by atoms with Crippen LogP contribution < -0.4 is 5.32 Å². The first-order valence-electron chi connectivity index (χ1n) is 8.08. The lowest BCUT2D eigenvalue weighted by Crippen LogP contribution is -2.38. The molecule has 1 aliphatic carbocycles. The number of rotatable bonds is 5. The highest BCUT2D eigenvalue weighted by molar-refractivity contribution is 5.92. The standard InChI is InChI=1S/C15H25N5O/c1-11(2)19(9-12-3-4-12)15(21)14-10-20(18-17-14)13-5-7-16-8-6-13/h10-13,16H,3-9H2,1-2H3. The Labute approximate surface area is 125 Å². The molecule has 1 saturated carbocycles. The van der Waals surface area contributed by atoms with Crippen molar-refractivity contribution in [3.05, 3.63) is 11.9 Å². The summed E-state index contributed by atoms with van der Waals surface area (Å²) in [6.45, 7) is 7.01. The number of hydrogen-bond acceptors (Lipinski definition) is 4. The molecule has 0 atom stereocenters. The first-order chi connectivity index (χ1) is 10.1. The largest absolute Gasteiger partial charge is 0.334 e. The van der Waals surface area contributed by atoms with Gasteiger partial charge in [0.05, 0.1) is 12.2 Å². The first-order valence-corrected chi connectivity index (χ1v) is 8.08. The van der Waals surface area contributed by atoms with E-state index >= 15 is 0 Å². The van der Waals surface area contributed by atoms with Gasteiger partial charge in [0.1, 0.15) is 0 Å². The zero-order chi connectivity index (χ0) is 14.8. The molecular formula is C15H25N5O. The molecule has 2 heterocycles. The van der Waals surface area contributed by atoms with Gasteiger partial charge >= 0.3 is 0 Å². The van der Waals surface area contributed by atoms with Gasteiger partial charge in [0, 0.05) is 12.6 Å². The number of hydrogen-bond donors (Lipinski definition) is 1. The lowest BCUT2D eigenvalue weighted by Gasteiger charge is -2.25. The summed E-state index contributed by atoms with van der Waals surface area (Å²) in [5.41, 5.74) is 0.489. The molecule has 0 unspecified atom stereocenters. The minimum absolute atomic E-state index is 0.0251. The molecule has 3 rings (SSSR count). The van der Waals surface area contributed by atoms with E-state index in [9.17, 15) is 4.79 Å².